The van der Waals surface area contributed by atoms with Crippen molar-refractivity contribution in [3.8, 4) is 0 Å². The fourth-order valence-electron chi connectivity index (χ4n) is 1.94. The van der Waals surface area contributed by atoms with Crippen molar-refractivity contribution in [3.63, 3.8) is 0 Å². The van der Waals surface area contributed by atoms with Crippen LogP contribution in [-0.4, -0.2) is 0 Å². The number of benzene rings is 2. The Balaban J connectivity index is 2.28. The topological polar surface area (TPSA) is 38.0 Å². The van der Waals surface area contributed by atoms with Gasteiger partial charge in [0.1, 0.15) is 5.82 Å². The van der Waals surface area contributed by atoms with Gasteiger partial charge in [-0.1, -0.05) is 45.2 Å². The maximum atomic E-state index is 13.2. The summed E-state index contributed by atoms with van der Waals surface area (Å²) in [5.74, 6) is 5.17. The second kappa shape index (κ2) is 6.87. The van der Waals surface area contributed by atoms with Gasteiger partial charge in [-0.05, 0) is 47.9 Å². The number of halogens is 4. The van der Waals surface area contributed by atoms with E-state index in [0.29, 0.717) is 11.4 Å². The molecule has 2 aromatic carbocycles. The zero-order valence-electron chi connectivity index (χ0n) is 10.3. The largest absolute Gasteiger partial charge is 0.271 e. The number of hydrazine groups is 1. The molecule has 0 radical (unpaired) electrons. The van der Waals surface area contributed by atoms with Gasteiger partial charge < -0.3 is 0 Å². The Hall–Kier alpha value is -0.650. The normalized spacial score (nSPS) is 12.4. The molecule has 0 aliphatic rings. The highest BCUT2D eigenvalue weighted by Gasteiger charge is 2.15. The molecule has 0 fully saturated rings. The maximum absolute atomic E-state index is 13.2. The lowest BCUT2D eigenvalue weighted by atomic mass is 9.99. The molecule has 0 amide bonds. The van der Waals surface area contributed by atoms with Crippen molar-refractivity contribution in [3.05, 3.63) is 67.9 Å². The number of rotatable bonds is 4. The van der Waals surface area contributed by atoms with Crippen molar-refractivity contribution >= 4 is 39.1 Å². The molecule has 0 bridgehead atoms. The Morgan fingerprint density at radius 3 is 2.55 bits per heavy atom. The average molecular weight is 378 g/mol. The van der Waals surface area contributed by atoms with Gasteiger partial charge in [-0.2, -0.15) is 0 Å². The lowest BCUT2D eigenvalue weighted by Crippen LogP contribution is -2.29. The molecule has 0 saturated carbocycles. The van der Waals surface area contributed by atoms with Gasteiger partial charge in [0.15, 0.2) is 0 Å². The highest BCUT2D eigenvalue weighted by molar-refractivity contribution is 9.10. The first-order valence-corrected chi connectivity index (χ1v) is 7.41. The molecule has 20 heavy (non-hydrogen) atoms. The first kappa shape index (κ1) is 15.7. The van der Waals surface area contributed by atoms with Crippen LogP contribution in [0.25, 0.3) is 0 Å². The van der Waals surface area contributed by atoms with Gasteiger partial charge in [-0.25, -0.2) is 4.39 Å². The van der Waals surface area contributed by atoms with Crippen molar-refractivity contribution in [1.82, 2.24) is 5.43 Å². The lowest BCUT2D eigenvalue weighted by molar-refractivity contribution is 0.551. The van der Waals surface area contributed by atoms with Crippen molar-refractivity contribution in [2.45, 2.75) is 12.5 Å². The minimum Gasteiger partial charge on any atom is -0.271 e. The summed E-state index contributed by atoms with van der Waals surface area (Å²) in [6.45, 7) is 0. The summed E-state index contributed by atoms with van der Waals surface area (Å²) in [4.78, 5) is 0. The highest BCUT2D eigenvalue weighted by atomic mass is 79.9. The van der Waals surface area contributed by atoms with Gasteiger partial charge in [0.05, 0.1) is 11.1 Å². The zero-order chi connectivity index (χ0) is 14.7. The number of hydrogen-bond donors (Lipinski definition) is 2. The Bertz CT molecular complexity index is 622. The van der Waals surface area contributed by atoms with Crippen LogP contribution in [0.2, 0.25) is 10.0 Å². The Kier molecular flexibility index (Phi) is 5.41. The minimum absolute atomic E-state index is 0.0959. The molecule has 0 aliphatic carbocycles. The first-order chi connectivity index (χ1) is 9.51. The minimum atomic E-state index is -0.437. The molecule has 0 aliphatic heterocycles. The van der Waals surface area contributed by atoms with Crippen LogP contribution in [-0.2, 0) is 6.42 Å². The molecule has 2 aromatic rings. The van der Waals surface area contributed by atoms with Gasteiger partial charge in [-0.15, -0.1) is 0 Å². The number of nitrogens with one attached hydrogen (secondary N) is 1. The van der Waals surface area contributed by atoms with E-state index in [2.05, 4.69) is 21.4 Å². The number of nitrogens with two attached hydrogens (primary N) is 1. The van der Waals surface area contributed by atoms with E-state index in [1.807, 2.05) is 12.1 Å². The smallest absolute Gasteiger partial charge is 0.141 e. The summed E-state index contributed by atoms with van der Waals surface area (Å²) >= 11 is 15.4. The van der Waals surface area contributed by atoms with Gasteiger partial charge in [0, 0.05) is 9.50 Å². The lowest BCUT2D eigenvalue weighted by Gasteiger charge is -2.18. The van der Waals surface area contributed by atoms with E-state index >= 15 is 0 Å². The summed E-state index contributed by atoms with van der Waals surface area (Å²) in [5, 5.41) is 0.711. The summed E-state index contributed by atoms with van der Waals surface area (Å²) in [5.41, 5.74) is 4.46. The monoisotopic (exact) mass is 376 g/mol. The van der Waals surface area contributed by atoms with Gasteiger partial charge in [0.2, 0.25) is 0 Å². The molecule has 6 heteroatoms. The van der Waals surface area contributed by atoms with E-state index in [1.165, 1.54) is 6.07 Å². The first-order valence-electron chi connectivity index (χ1n) is 5.86. The van der Waals surface area contributed by atoms with Crippen molar-refractivity contribution < 1.29 is 4.39 Å². The van der Waals surface area contributed by atoms with Crippen molar-refractivity contribution in [2.24, 2.45) is 5.84 Å². The van der Waals surface area contributed by atoms with Crippen molar-refractivity contribution in [1.29, 1.82) is 0 Å². The fourth-order valence-corrected chi connectivity index (χ4v) is 2.77. The Morgan fingerprint density at radius 1 is 1.15 bits per heavy atom. The highest BCUT2D eigenvalue weighted by Crippen LogP contribution is 2.29. The Morgan fingerprint density at radius 2 is 1.90 bits per heavy atom. The summed E-state index contributed by atoms with van der Waals surface area (Å²) in [6.07, 6.45) is 0.548. The Labute approximate surface area is 135 Å². The molecule has 0 heterocycles. The standard InChI is InChI=1S/C14H12BrCl2FN2/c15-9-2-3-11(16)10(7-9)14(20-19)6-8-1-4-13(18)12(17)5-8/h1-5,7,14,20H,6,19H2. The molecule has 1 atom stereocenters. The summed E-state index contributed by atoms with van der Waals surface area (Å²) in [7, 11) is 0. The van der Waals surface area contributed by atoms with E-state index < -0.39 is 5.82 Å². The van der Waals surface area contributed by atoms with Crippen LogP contribution < -0.4 is 11.3 Å². The quantitative estimate of drug-likeness (QED) is 0.601. The molecule has 106 valence electrons. The third-order valence-corrected chi connectivity index (χ3v) is 4.09. The van der Waals surface area contributed by atoms with Crippen LogP contribution in [0.1, 0.15) is 17.2 Å². The molecular formula is C14H12BrCl2FN2. The van der Waals surface area contributed by atoms with E-state index in [-0.39, 0.29) is 11.1 Å². The van der Waals surface area contributed by atoms with Gasteiger partial charge in [-0.3, -0.25) is 11.3 Å². The van der Waals surface area contributed by atoms with Crippen LogP contribution in [0.15, 0.2) is 40.9 Å². The predicted octanol–water partition coefficient (Wildman–Crippen LogP) is 4.64. The third kappa shape index (κ3) is 3.71. The molecular weight excluding hydrogens is 366 g/mol. The average Bonchev–Trinajstić information content (AvgIpc) is 2.43. The van der Waals surface area contributed by atoms with Gasteiger partial charge >= 0.3 is 0 Å². The summed E-state index contributed by atoms with van der Waals surface area (Å²) in [6, 6.07) is 9.97. The van der Waals surface area contributed by atoms with Crippen LogP contribution in [0.3, 0.4) is 0 Å². The molecule has 1 unspecified atom stereocenters. The predicted molar refractivity (Wildman–Crippen MR) is 84.3 cm³/mol. The van der Waals surface area contributed by atoms with Crippen LogP contribution in [0.5, 0.6) is 0 Å². The van der Waals surface area contributed by atoms with Crippen molar-refractivity contribution in [2.75, 3.05) is 0 Å². The SMILES string of the molecule is NNC(Cc1ccc(F)c(Cl)c1)c1cc(Br)ccc1Cl. The van der Waals surface area contributed by atoms with Crippen LogP contribution >= 0.6 is 39.1 Å². The third-order valence-electron chi connectivity index (χ3n) is 2.96. The molecule has 3 N–H and O–H groups in total. The molecule has 0 saturated heterocycles. The van der Waals surface area contributed by atoms with E-state index in [1.54, 1.807) is 18.2 Å². The molecule has 0 aromatic heterocycles. The van der Waals surface area contributed by atoms with Gasteiger partial charge in [0.25, 0.3) is 0 Å². The van der Waals surface area contributed by atoms with Crippen LogP contribution in [0.4, 0.5) is 4.39 Å². The van der Waals surface area contributed by atoms with Crippen LogP contribution in [0, 0.1) is 5.82 Å². The van der Waals surface area contributed by atoms with E-state index in [0.717, 1.165) is 15.6 Å². The zero-order valence-corrected chi connectivity index (χ0v) is 13.4. The van der Waals surface area contributed by atoms with E-state index in [9.17, 15) is 4.39 Å². The van der Waals surface area contributed by atoms with E-state index in [4.69, 9.17) is 29.0 Å². The molecule has 0 spiro atoms. The number of hydrogen-bond acceptors (Lipinski definition) is 2. The maximum Gasteiger partial charge on any atom is 0.141 e. The second-order valence-corrected chi connectivity index (χ2v) is 6.07. The molecule has 2 rings (SSSR count). The second-order valence-electron chi connectivity index (χ2n) is 4.34. The fraction of sp³-hybridized carbons (Fsp3) is 0.143. The summed E-state index contributed by atoms with van der Waals surface area (Å²) < 4.78 is 14.1. The molecule has 2 nitrogen and oxygen atoms in total.